The van der Waals surface area contributed by atoms with Crippen LogP contribution in [0, 0.1) is 0 Å². The Morgan fingerprint density at radius 3 is 3.06 bits per heavy atom. The highest BCUT2D eigenvalue weighted by Crippen LogP contribution is 2.17. The van der Waals surface area contributed by atoms with Crippen LogP contribution in [0.25, 0.3) is 0 Å². The first-order valence-electron chi connectivity index (χ1n) is 6.08. The van der Waals surface area contributed by atoms with Crippen LogP contribution in [0.4, 0.5) is 0 Å². The average molecular weight is 300 g/mol. The Labute approximate surface area is 110 Å². The Morgan fingerprint density at radius 2 is 2.29 bits per heavy atom. The molecule has 94 valence electrons. The van der Waals surface area contributed by atoms with Crippen molar-refractivity contribution >= 4 is 21.8 Å². The Balaban J connectivity index is 2.17. The molecule has 1 fully saturated rings. The molecule has 0 unspecified atom stereocenters. The van der Waals surface area contributed by atoms with Crippen LogP contribution in [0.2, 0.25) is 0 Å². The number of nitrogens with one attached hydrogen (secondary N) is 1. The van der Waals surface area contributed by atoms with Gasteiger partial charge in [-0.25, -0.2) is 0 Å². The van der Waals surface area contributed by atoms with Crippen molar-refractivity contribution in [2.45, 2.75) is 19.9 Å². The average Bonchev–Trinajstić information content (AvgIpc) is 2.55. The van der Waals surface area contributed by atoms with E-state index in [9.17, 15) is 4.79 Å². The van der Waals surface area contributed by atoms with Gasteiger partial charge in [0.1, 0.15) is 5.69 Å². The van der Waals surface area contributed by atoms with Crippen molar-refractivity contribution in [1.29, 1.82) is 0 Å². The predicted molar refractivity (Wildman–Crippen MR) is 71.2 cm³/mol. The fourth-order valence-electron chi connectivity index (χ4n) is 2.13. The summed E-state index contributed by atoms with van der Waals surface area (Å²) in [5.74, 6) is 0.140. The molecule has 0 radical (unpaired) electrons. The molecule has 1 aliphatic rings. The summed E-state index contributed by atoms with van der Waals surface area (Å²) >= 11 is 3.43. The van der Waals surface area contributed by atoms with Crippen molar-refractivity contribution in [2.24, 2.45) is 0 Å². The van der Waals surface area contributed by atoms with Crippen LogP contribution < -0.4 is 5.32 Å². The molecule has 2 rings (SSSR count). The first-order valence-corrected chi connectivity index (χ1v) is 6.87. The molecule has 4 nitrogen and oxygen atoms in total. The standard InChI is InChI=1S/C12H18BrN3O/c1-2-15-9-10(13)8-11(15)12(17)16-6-3-4-14-5-7-16/h8-9,14H,2-7H2,1H3. The summed E-state index contributed by atoms with van der Waals surface area (Å²) in [6.45, 7) is 6.40. The summed E-state index contributed by atoms with van der Waals surface area (Å²) in [7, 11) is 0. The molecule has 1 amide bonds. The maximum absolute atomic E-state index is 12.4. The number of carbonyl (C=O) groups is 1. The molecule has 0 atom stereocenters. The number of hydrogen-bond acceptors (Lipinski definition) is 2. The van der Waals surface area contributed by atoms with Gasteiger partial charge in [0.2, 0.25) is 0 Å². The third kappa shape index (κ3) is 2.90. The maximum Gasteiger partial charge on any atom is 0.270 e. The lowest BCUT2D eigenvalue weighted by atomic mass is 10.3. The summed E-state index contributed by atoms with van der Waals surface area (Å²) in [4.78, 5) is 14.3. The topological polar surface area (TPSA) is 37.3 Å². The minimum atomic E-state index is 0.140. The molecule has 0 spiro atoms. The SMILES string of the molecule is CCn1cc(Br)cc1C(=O)N1CCCNCC1. The monoisotopic (exact) mass is 299 g/mol. The van der Waals surface area contributed by atoms with E-state index in [0.717, 1.165) is 49.3 Å². The van der Waals surface area contributed by atoms with Crippen LogP contribution in [0.5, 0.6) is 0 Å². The summed E-state index contributed by atoms with van der Waals surface area (Å²) in [5.41, 5.74) is 0.779. The second kappa shape index (κ2) is 5.69. The molecule has 1 aliphatic heterocycles. The van der Waals surface area contributed by atoms with Crippen LogP contribution in [-0.2, 0) is 6.54 Å². The Bertz CT molecular complexity index is 394. The minimum Gasteiger partial charge on any atom is -0.343 e. The van der Waals surface area contributed by atoms with Crippen LogP contribution in [0.15, 0.2) is 16.7 Å². The van der Waals surface area contributed by atoms with E-state index in [-0.39, 0.29) is 5.91 Å². The number of aromatic nitrogens is 1. The normalized spacial score (nSPS) is 16.9. The van der Waals surface area contributed by atoms with Crippen molar-refractivity contribution in [3.05, 3.63) is 22.4 Å². The minimum absolute atomic E-state index is 0.140. The molecule has 1 aromatic rings. The van der Waals surface area contributed by atoms with Crippen LogP contribution in [0.1, 0.15) is 23.8 Å². The number of aryl methyl sites for hydroxylation is 1. The van der Waals surface area contributed by atoms with E-state index in [1.165, 1.54) is 0 Å². The van der Waals surface area contributed by atoms with Gasteiger partial charge in [-0.15, -0.1) is 0 Å². The number of amides is 1. The van der Waals surface area contributed by atoms with Gasteiger partial charge in [-0.1, -0.05) is 0 Å². The van der Waals surface area contributed by atoms with E-state index in [0.29, 0.717) is 0 Å². The number of nitrogens with zero attached hydrogens (tertiary/aromatic N) is 2. The van der Waals surface area contributed by atoms with Gasteiger partial charge in [-0.3, -0.25) is 4.79 Å². The van der Waals surface area contributed by atoms with Gasteiger partial charge >= 0.3 is 0 Å². The van der Waals surface area contributed by atoms with Crippen LogP contribution in [0.3, 0.4) is 0 Å². The second-order valence-electron chi connectivity index (χ2n) is 4.23. The fourth-order valence-corrected chi connectivity index (χ4v) is 2.59. The van der Waals surface area contributed by atoms with E-state index in [1.54, 1.807) is 0 Å². The molecule has 1 aromatic heterocycles. The molecular formula is C12H18BrN3O. The third-order valence-electron chi connectivity index (χ3n) is 3.05. The zero-order valence-electron chi connectivity index (χ0n) is 10.1. The maximum atomic E-state index is 12.4. The lowest BCUT2D eigenvalue weighted by Gasteiger charge is -2.20. The molecule has 1 N–H and O–H groups in total. The summed E-state index contributed by atoms with van der Waals surface area (Å²) in [6, 6.07) is 1.91. The van der Waals surface area contributed by atoms with Gasteiger partial charge in [-0.2, -0.15) is 0 Å². The van der Waals surface area contributed by atoms with Crippen molar-refractivity contribution in [2.75, 3.05) is 26.2 Å². The predicted octanol–water partition coefficient (Wildman–Crippen LogP) is 1.71. The van der Waals surface area contributed by atoms with Gasteiger partial charge in [0.25, 0.3) is 5.91 Å². The zero-order valence-corrected chi connectivity index (χ0v) is 11.7. The molecule has 0 saturated carbocycles. The van der Waals surface area contributed by atoms with E-state index in [1.807, 2.05) is 28.7 Å². The molecule has 17 heavy (non-hydrogen) atoms. The van der Waals surface area contributed by atoms with Gasteiger partial charge in [-0.05, 0) is 41.9 Å². The largest absolute Gasteiger partial charge is 0.343 e. The molecular weight excluding hydrogens is 282 g/mol. The Morgan fingerprint density at radius 1 is 1.47 bits per heavy atom. The molecule has 0 aromatic carbocycles. The van der Waals surface area contributed by atoms with E-state index in [4.69, 9.17) is 0 Å². The Hall–Kier alpha value is -0.810. The summed E-state index contributed by atoms with van der Waals surface area (Å²) in [6.07, 6.45) is 2.99. The molecule has 0 aliphatic carbocycles. The van der Waals surface area contributed by atoms with Gasteiger partial charge in [0, 0.05) is 36.8 Å². The number of rotatable bonds is 2. The van der Waals surface area contributed by atoms with E-state index >= 15 is 0 Å². The number of carbonyl (C=O) groups excluding carboxylic acids is 1. The molecule has 0 bridgehead atoms. The highest BCUT2D eigenvalue weighted by atomic mass is 79.9. The zero-order chi connectivity index (χ0) is 12.3. The van der Waals surface area contributed by atoms with E-state index in [2.05, 4.69) is 21.2 Å². The van der Waals surface area contributed by atoms with Crippen molar-refractivity contribution in [1.82, 2.24) is 14.8 Å². The second-order valence-corrected chi connectivity index (χ2v) is 5.14. The van der Waals surface area contributed by atoms with E-state index < -0.39 is 0 Å². The molecule has 2 heterocycles. The van der Waals surface area contributed by atoms with Gasteiger partial charge in [0.05, 0.1) is 0 Å². The summed E-state index contributed by atoms with van der Waals surface area (Å²) in [5, 5.41) is 3.31. The number of hydrogen-bond donors (Lipinski definition) is 1. The number of halogens is 1. The first-order chi connectivity index (χ1) is 8.22. The van der Waals surface area contributed by atoms with Crippen molar-refractivity contribution < 1.29 is 4.79 Å². The van der Waals surface area contributed by atoms with Crippen LogP contribution >= 0.6 is 15.9 Å². The van der Waals surface area contributed by atoms with Gasteiger partial charge in [0.15, 0.2) is 0 Å². The Kier molecular flexibility index (Phi) is 4.23. The fraction of sp³-hybridized carbons (Fsp3) is 0.583. The lowest BCUT2D eigenvalue weighted by Crippen LogP contribution is -2.35. The smallest absolute Gasteiger partial charge is 0.270 e. The van der Waals surface area contributed by atoms with Crippen LogP contribution in [-0.4, -0.2) is 41.6 Å². The first kappa shape index (κ1) is 12.6. The highest BCUT2D eigenvalue weighted by molar-refractivity contribution is 9.10. The van der Waals surface area contributed by atoms with Crippen molar-refractivity contribution in [3.63, 3.8) is 0 Å². The van der Waals surface area contributed by atoms with Gasteiger partial charge < -0.3 is 14.8 Å². The highest BCUT2D eigenvalue weighted by Gasteiger charge is 2.20. The summed E-state index contributed by atoms with van der Waals surface area (Å²) < 4.78 is 2.96. The molecule has 5 heteroatoms. The molecule has 1 saturated heterocycles. The lowest BCUT2D eigenvalue weighted by molar-refractivity contribution is 0.0755. The van der Waals surface area contributed by atoms with Crippen molar-refractivity contribution in [3.8, 4) is 0 Å². The third-order valence-corrected chi connectivity index (χ3v) is 3.48. The quantitative estimate of drug-likeness (QED) is 0.903.